The van der Waals surface area contributed by atoms with E-state index in [1.54, 1.807) is 6.92 Å². The van der Waals surface area contributed by atoms with Gasteiger partial charge in [0, 0.05) is 12.0 Å². The third kappa shape index (κ3) is 2.91. The quantitative estimate of drug-likeness (QED) is 0.884. The summed E-state index contributed by atoms with van der Waals surface area (Å²) in [7, 11) is 0. The van der Waals surface area contributed by atoms with Crippen LogP contribution in [0.2, 0.25) is 5.02 Å². The first-order valence-electron chi connectivity index (χ1n) is 4.93. The van der Waals surface area contributed by atoms with Gasteiger partial charge in [0.25, 0.3) is 0 Å². The molecule has 1 unspecified atom stereocenters. The van der Waals surface area contributed by atoms with E-state index < -0.39 is 17.2 Å². The second kappa shape index (κ2) is 4.84. The minimum absolute atomic E-state index is 0.0441. The van der Waals surface area contributed by atoms with Gasteiger partial charge in [-0.25, -0.2) is 0 Å². The molecule has 0 aliphatic carbocycles. The summed E-state index contributed by atoms with van der Waals surface area (Å²) in [5.41, 5.74) is 3.98. The summed E-state index contributed by atoms with van der Waals surface area (Å²) >= 11 is 5.50. The largest absolute Gasteiger partial charge is 0.417 e. The van der Waals surface area contributed by atoms with Gasteiger partial charge in [0.15, 0.2) is 0 Å². The van der Waals surface area contributed by atoms with Crippen LogP contribution in [-0.4, -0.2) is 18.3 Å². The van der Waals surface area contributed by atoms with Crippen LogP contribution in [0.3, 0.4) is 0 Å². The Morgan fingerprint density at radius 2 is 1.94 bits per heavy atom. The molecule has 0 aromatic heterocycles. The lowest BCUT2D eigenvalue weighted by molar-refractivity contribution is -0.137. The first-order valence-corrected chi connectivity index (χ1v) is 5.30. The number of halogens is 4. The molecule has 0 heterocycles. The normalized spacial score (nSPS) is 15.7. The van der Waals surface area contributed by atoms with Crippen LogP contribution in [0.1, 0.15) is 18.1 Å². The molecule has 0 aliphatic rings. The third-order valence-corrected chi connectivity index (χ3v) is 3.10. The zero-order valence-corrected chi connectivity index (χ0v) is 9.94. The van der Waals surface area contributed by atoms with E-state index in [4.69, 9.17) is 17.3 Å². The van der Waals surface area contributed by atoms with Gasteiger partial charge >= 0.3 is 6.18 Å². The molecule has 0 fully saturated rings. The van der Waals surface area contributed by atoms with Crippen LogP contribution >= 0.6 is 11.6 Å². The molecule has 1 aromatic carbocycles. The summed E-state index contributed by atoms with van der Waals surface area (Å²) in [6, 6.07) is 3.55. The summed E-state index contributed by atoms with van der Waals surface area (Å²) in [5.74, 6) is 0. The fourth-order valence-corrected chi connectivity index (χ4v) is 1.62. The summed E-state index contributed by atoms with van der Waals surface area (Å²) < 4.78 is 37.9. The van der Waals surface area contributed by atoms with Gasteiger partial charge in [-0.2, -0.15) is 13.2 Å². The highest BCUT2D eigenvalue weighted by Crippen LogP contribution is 2.37. The van der Waals surface area contributed by atoms with Gasteiger partial charge in [0.1, 0.15) is 0 Å². The highest BCUT2D eigenvalue weighted by Gasteiger charge is 2.35. The first kappa shape index (κ1) is 14.3. The highest BCUT2D eigenvalue weighted by atomic mass is 35.5. The standard InChI is InChI=1S/C11H13ClF3NO/c1-10(5-16,6-17)7-2-3-9(12)8(4-7)11(13,14)15/h2-4,17H,5-6,16H2,1H3. The molecule has 0 spiro atoms. The summed E-state index contributed by atoms with van der Waals surface area (Å²) in [6.07, 6.45) is -4.52. The summed E-state index contributed by atoms with van der Waals surface area (Å²) in [4.78, 5) is 0. The number of aliphatic hydroxyl groups is 1. The van der Waals surface area contributed by atoms with Crippen molar-refractivity contribution in [2.45, 2.75) is 18.5 Å². The SMILES string of the molecule is CC(CN)(CO)c1ccc(Cl)c(C(F)(F)F)c1. The van der Waals surface area contributed by atoms with Crippen molar-refractivity contribution in [3.05, 3.63) is 34.3 Å². The lowest BCUT2D eigenvalue weighted by Crippen LogP contribution is -2.35. The van der Waals surface area contributed by atoms with Gasteiger partial charge in [-0.05, 0) is 17.7 Å². The monoisotopic (exact) mass is 267 g/mol. The van der Waals surface area contributed by atoms with Crippen molar-refractivity contribution in [2.24, 2.45) is 5.73 Å². The molecule has 96 valence electrons. The van der Waals surface area contributed by atoms with Crippen molar-refractivity contribution in [2.75, 3.05) is 13.2 Å². The van der Waals surface area contributed by atoms with Crippen LogP contribution in [0.5, 0.6) is 0 Å². The van der Waals surface area contributed by atoms with E-state index in [1.165, 1.54) is 12.1 Å². The van der Waals surface area contributed by atoms with Crippen LogP contribution in [-0.2, 0) is 11.6 Å². The van der Waals surface area contributed by atoms with Crippen molar-refractivity contribution >= 4 is 11.6 Å². The highest BCUT2D eigenvalue weighted by molar-refractivity contribution is 6.31. The predicted octanol–water partition coefficient (Wildman–Crippen LogP) is 2.57. The average molecular weight is 268 g/mol. The van der Waals surface area contributed by atoms with Crippen LogP contribution < -0.4 is 5.73 Å². The zero-order valence-electron chi connectivity index (χ0n) is 9.18. The zero-order chi connectivity index (χ0) is 13.3. The van der Waals surface area contributed by atoms with Gasteiger partial charge in [0.05, 0.1) is 17.2 Å². The van der Waals surface area contributed by atoms with Crippen LogP contribution in [0.25, 0.3) is 0 Å². The fraction of sp³-hybridized carbons (Fsp3) is 0.455. The molecule has 0 aliphatic heterocycles. The molecule has 1 atom stereocenters. The van der Waals surface area contributed by atoms with Gasteiger partial charge in [0.2, 0.25) is 0 Å². The van der Waals surface area contributed by atoms with Gasteiger partial charge < -0.3 is 10.8 Å². The fourth-order valence-electron chi connectivity index (χ4n) is 1.39. The Bertz CT molecular complexity index is 402. The van der Waals surface area contributed by atoms with Crippen molar-refractivity contribution < 1.29 is 18.3 Å². The van der Waals surface area contributed by atoms with E-state index in [2.05, 4.69) is 0 Å². The Labute approximate surface area is 102 Å². The Kier molecular flexibility index (Phi) is 4.06. The van der Waals surface area contributed by atoms with Crippen molar-refractivity contribution in [3.8, 4) is 0 Å². The van der Waals surface area contributed by atoms with E-state index in [9.17, 15) is 18.3 Å². The van der Waals surface area contributed by atoms with Crippen LogP contribution in [0.4, 0.5) is 13.2 Å². The number of rotatable bonds is 3. The Morgan fingerprint density at radius 3 is 2.35 bits per heavy atom. The molecule has 2 nitrogen and oxygen atoms in total. The topological polar surface area (TPSA) is 46.2 Å². The Hall–Kier alpha value is -0.780. The van der Waals surface area contributed by atoms with Crippen molar-refractivity contribution in [3.63, 3.8) is 0 Å². The van der Waals surface area contributed by atoms with E-state index in [0.717, 1.165) is 6.07 Å². The number of hydrogen-bond acceptors (Lipinski definition) is 2. The van der Waals surface area contributed by atoms with Crippen LogP contribution in [0, 0.1) is 0 Å². The van der Waals surface area contributed by atoms with Crippen molar-refractivity contribution in [1.29, 1.82) is 0 Å². The second-order valence-electron chi connectivity index (χ2n) is 4.12. The molecule has 1 aromatic rings. The summed E-state index contributed by atoms with van der Waals surface area (Å²) in [5, 5.41) is 8.85. The van der Waals surface area contributed by atoms with E-state index >= 15 is 0 Å². The van der Waals surface area contributed by atoms with Gasteiger partial charge in [-0.3, -0.25) is 0 Å². The molecule has 1 rings (SSSR count). The van der Waals surface area contributed by atoms with E-state index in [1.807, 2.05) is 0 Å². The second-order valence-corrected chi connectivity index (χ2v) is 4.52. The number of hydrogen-bond donors (Lipinski definition) is 2. The lowest BCUT2D eigenvalue weighted by atomic mass is 9.82. The maximum Gasteiger partial charge on any atom is 0.417 e. The molecule has 0 bridgehead atoms. The molecule has 17 heavy (non-hydrogen) atoms. The Balaban J connectivity index is 3.31. The molecule has 6 heteroatoms. The molecule has 0 amide bonds. The third-order valence-electron chi connectivity index (χ3n) is 2.77. The minimum Gasteiger partial charge on any atom is -0.395 e. The maximum atomic E-state index is 12.6. The Morgan fingerprint density at radius 1 is 1.35 bits per heavy atom. The molecule has 0 saturated heterocycles. The molecular weight excluding hydrogens is 255 g/mol. The van der Waals surface area contributed by atoms with Gasteiger partial charge in [-0.15, -0.1) is 0 Å². The summed E-state index contributed by atoms with van der Waals surface area (Å²) in [6.45, 7) is 1.31. The lowest BCUT2D eigenvalue weighted by Gasteiger charge is -2.27. The molecule has 3 N–H and O–H groups in total. The minimum atomic E-state index is -4.52. The number of aliphatic hydroxyl groups excluding tert-OH is 1. The molecule has 0 radical (unpaired) electrons. The number of nitrogens with two attached hydrogens (primary N) is 1. The number of benzene rings is 1. The first-order chi connectivity index (χ1) is 7.74. The maximum absolute atomic E-state index is 12.6. The van der Waals surface area contributed by atoms with E-state index in [0.29, 0.717) is 5.56 Å². The predicted molar refractivity (Wildman–Crippen MR) is 59.9 cm³/mol. The van der Waals surface area contributed by atoms with Crippen molar-refractivity contribution in [1.82, 2.24) is 0 Å². The van der Waals surface area contributed by atoms with E-state index in [-0.39, 0.29) is 18.2 Å². The smallest absolute Gasteiger partial charge is 0.395 e. The average Bonchev–Trinajstić information content (AvgIpc) is 2.27. The molecule has 0 saturated carbocycles. The van der Waals surface area contributed by atoms with Crippen LogP contribution in [0.15, 0.2) is 18.2 Å². The number of alkyl halides is 3. The molecular formula is C11H13ClF3NO. The van der Waals surface area contributed by atoms with Gasteiger partial charge in [-0.1, -0.05) is 24.6 Å².